The largest absolute Gasteiger partial charge is 0.591 e. The molecule has 2 aliphatic heterocycles. The number of ether oxygens (including phenoxy) is 1. The fraction of sp³-hybridized carbons (Fsp3) is 0.273. The smallest absolute Gasteiger partial charge is 0.405 e. The zero-order valence-electron chi connectivity index (χ0n) is 19.8. The molecule has 2 aromatic rings. The van der Waals surface area contributed by atoms with Crippen molar-refractivity contribution in [2.45, 2.75) is 22.5 Å². The van der Waals surface area contributed by atoms with E-state index in [4.69, 9.17) is 4.74 Å². The monoisotopic (exact) mass is 578 g/mol. The molecule has 1 fully saturated rings. The van der Waals surface area contributed by atoms with Crippen LogP contribution in [0, 0.1) is 5.21 Å². The SMILES string of the molecule is C=CNC(=O)NC(C(=O)N[C@H]1C(=O)N2C(C(=O)O)=C(CSc3ccc(OC)[n+]([O-])n3)CSC12)c1cccs1. The third kappa shape index (κ3) is 5.56. The van der Waals surface area contributed by atoms with Gasteiger partial charge in [-0.25, -0.2) is 9.59 Å². The summed E-state index contributed by atoms with van der Waals surface area (Å²) in [6, 6.07) is 3.75. The molecule has 0 saturated carbocycles. The number of fused-ring (bicyclic) bond motifs is 1. The van der Waals surface area contributed by atoms with Crippen LogP contribution in [0.2, 0.25) is 0 Å². The number of carbonyl (C=O) groups is 4. The van der Waals surface area contributed by atoms with Gasteiger partial charge in [-0.2, -0.15) is 0 Å². The van der Waals surface area contributed by atoms with Crippen molar-refractivity contribution in [1.82, 2.24) is 25.9 Å². The van der Waals surface area contributed by atoms with Crippen LogP contribution in [0.15, 0.2) is 58.7 Å². The minimum absolute atomic E-state index is 0.0213. The normalized spacial score (nSPS) is 19.1. The Morgan fingerprint density at radius 3 is 2.84 bits per heavy atom. The molecular formula is C22H22N6O7S3. The minimum atomic E-state index is -1.27. The number of β-lactam (4-membered cyclic amide) rings is 1. The van der Waals surface area contributed by atoms with Crippen molar-refractivity contribution in [2.75, 3.05) is 18.6 Å². The molecule has 0 aliphatic carbocycles. The van der Waals surface area contributed by atoms with E-state index in [1.165, 1.54) is 42.5 Å². The third-order valence-electron chi connectivity index (χ3n) is 5.50. The minimum Gasteiger partial charge on any atom is -0.591 e. The van der Waals surface area contributed by atoms with Crippen LogP contribution in [-0.2, 0) is 14.4 Å². The molecule has 38 heavy (non-hydrogen) atoms. The summed E-state index contributed by atoms with van der Waals surface area (Å²) in [6.07, 6.45) is 1.17. The Morgan fingerprint density at radius 1 is 1.42 bits per heavy atom. The Balaban J connectivity index is 1.47. The Kier molecular flexibility index (Phi) is 8.43. The number of nitrogens with one attached hydrogen (secondary N) is 3. The van der Waals surface area contributed by atoms with E-state index in [0.717, 1.165) is 16.7 Å². The number of methoxy groups -OCH3 is 1. The van der Waals surface area contributed by atoms with Gasteiger partial charge in [0.15, 0.2) is 5.03 Å². The first kappa shape index (κ1) is 27.3. The molecule has 0 aromatic carbocycles. The van der Waals surface area contributed by atoms with E-state index in [1.54, 1.807) is 23.6 Å². The number of amides is 4. The zero-order chi connectivity index (χ0) is 27.4. The predicted molar refractivity (Wildman–Crippen MR) is 139 cm³/mol. The van der Waals surface area contributed by atoms with Crippen molar-refractivity contribution in [2.24, 2.45) is 0 Å². The van der Waals surface area contributed by atoms with Gasteiger partial charge in [-0.15, -0.1) is 23.1 Å². The number of urea groups is 1. The third-order valence-corrected chi connectivity index (χ3v) is 8.78. The second kappa shape index (κ2) is 11.7. The Morgan fingerprint density at radius 2 is 2.21 bits per heavy atom. The van der Waals surface area contributed by atoms with Crippen molar-refractivity contribution in [3.8, 4) is 5.88 Å². The highest BCUT2D eigenvalue weighted by Gasteiger charge is 2.54. The Labute approximate surface area is 228 Å². The average molecular weight is 579 g/mol. The van der Waals surface area contributed by atoms with Gasteiger partial charge in [0.05, 0.1) is 13.2 Å². The lowest BCUT2D eigenvalue weighted by atomic mass is 10.0. The maximum Gasteiger partial charge on any atom is 0.405 e. The standard InChI is InChI=1S/C22H22N6O7S3/c1-3-23-22(33)25-15(12-5-4-8-36-12)18(29)24-16-19(30)27-17(21(31)32)11(10-38-20(16)27)9-37-13-6-7-14(35-2)28(34)26-13/h3-8,15-16,20H,1,9-10H2,2H3,(H,24,29)(H,31,32)(H2,23,25,33)/t15?,16-,20?/m0/s1. The van der Waals surface area contributed by atoms with Gasteiger partial charge in [-0.1, -0.05) is 24.4 Å². The van der Waals surface area contributed by atoms with Crippen LogP contribution in [0.1, 0.15) is 10.9 Å². The molecular weight excluding hydrogens is 556 g/mol. The number of aliphatic carboxylic acids is 1. The summed E-state index contributed by atoms with van der Waals surface area (Å²) in [6.45, 7) is 3.41. The van der Waals surface area contributed by atoms with Crippen LogP contribution in [0.4, 0.5) is 4.79 Å². The number of rotatable bonds is 10. The van der Waals surface area contributed by atoms with Crippen LogP contribution in [0.5, 0.6) is 5.88 Å². The first-order valence-electron chi connectivity index (χ1n) is 10.9. The highest BCUT2D eigenvalue weighted by Crippen LogP contribution is 2.41. The number of carbonyl (C=O) groups excluding carboxylic acids is 3. The molecule has 2 aromatic heterocycles. The molecule has 0 radical (unpaired) electrons. The molecule has 2 unspecified atom stereocenters. The van der Waals surface area contributed by atoms with Crippen LogP contribution in [0.25, 0.3) is 0 Å². The maximum absolute atomic E-state index is 13.1. The summed E-state index contributed by atoms with van der Waals surface area (Å²) >= 11 is 3.72. The van der Waals surface area contributed by atoms with Gasteiger partial charge in [-0.05, 0) is 34.1 Å². The van der Waals surface area contributed by atoms with Crippen molar-refractivity contribution < 1.29 is 33.9 Å². The average Bonchev–Trinajstić information content (AvgIpc) is 3.43. The second-order valence-electron chi connectivity index (χ2n) is 7.80. The first-order valence-corrected chi connectivity index (χ1v) is 13.9. The first-order chi connectivity index (χ1) is 18.2. The molecule has 0 spiro atoms. The van der Waals surface area contributed by atoms with Gasteiger partial charge in [-0.3, -0.25) is 14.5 Å². The lowest BCUT2D eigenvalue weighted by Crippen LogP contribution is -2.71. The van der Waals surface area contributed by atoms with E-state index in [-0.39, 0.29) is 23.1 Å². The summed E-state index contributed by atoms with van der Waals surface area (Å²) in [5.41, 5.74) is 0.328. The Bertz CT molecular complexity index is 1300. The molecule has 1 saturated heterocycles. The van der Waals surface area contributed by atoms with Gasteiger partial charge < -0.3 is 31.0 Å². The van der Waals surface area contributed by atoms with E-state index in [1.807, 2.05) is 0 Å². The zero-order valence-corrected chi connectivity index (χ0v) is 22.2. The van der Waals surface area contributed by atoms with E-state index in [9.17, 15) is 29.5 Å². The number of thiophene rings is 1. The maximum atomic E-state index is 13.1. The quantitative estimate of drug-likeness (QED) is 0.136. The van der Waals surface area contributed by atoms with E-state index < -0.39 is 41.3 Å². The van der Waals surface area contributed by atoms with Crippen molar-refractivity contribution in [3.63, 3.8) is 0 Å². The molecule has 4 amide bonds. The summed E-state index contributed by atoms with van der Waals surface area (Å²) < 4.78 is 4.88. The number of hydrogen-bond donors (Lipinski definition) is 4. The highest BCUT2D eigenvalue weighted by atomic mass is 32.2. The molecule has 200 valence electrons. The Hall–Kier alpha value is -3.76. The fourth-order valence-corrected chi connectivity index (χ4v) is 6.89. The number of hydrogen-bond acceptors (Lipinski definition) is 10. The lowest BCUT2D eigenvalue weighted by molar-refractivity contribution is -0.678. The number of aromatic nitrogens is 2. The van der Waals surface area contributed by atoms with Gasteiger partial charge in [0.25, 0.3) is 5.91 Å². The van der Waals surface area contributed by atoms with Crippen LogP contribution in [0.3, 0.4) is 0 Å². The molecule has 4 rings (SSSR count). The molecule has 4 N–H and O–H groups in total. The second-order valence-corrected chi connectivity index (χ2v) is 10.9. The van der Waals surface area contributed by atoms with Crippen LogP contribution < -0.4 is 25.5 Å². The summed E-state index contributed by atoms with van der Waals surface area (Å²) in [7, 11) is 1.34. The molecule has 2 aliphatic rings. The summed E-state index contributed by atoms with van der Waals surface area (Å²) in [5, 5.41) is 34.6. The number of thioether (sulfide) groups is 2. The van der Waals surface area contributed by atoms with Gasteiger partial charge in [0.1, 0.15) is 23.2 Å². The van der Waals surface area contributed by atoms with E-state index in [0.29, 0.717) is 20.3 Å². The number of nitrogens with zero attached hydrogens (tertiary/aromatic N) is 3. The molecule has 16 heteroatoms. The van der Waals surface area contributed by atoms with E-state index in [2.05, 4.69) is 27.6 Å². The van der Waals surface area contributed by atoms with Crippen molar-refractivity contribution in [1.29, 1.82) is 0 Å². The number of carboxylic acids is 1. The summed E-state index contributed by atoms with van der Waals surface area (Å²) in [4.78, 5) is 52.3. The van der Waals surface area contributed by atoms with Crippen LogP contribution >= 0.6 is 34.9 Å². The number of carboxylic acid groups (broad SMARTS) is 1. The topological polar surface area (TPSA) is 177 Å². The van der Waals surface area contributed by atoms with Gasteiger partial charge in [0, 0.05) is 21.5 Å². The van der Waals surface area contributed by atoms with Gasteiger partial charge >= 0.3 is 17.9 Å². The fourth-order valence-electron chi connectivity index (χ4n) is 3.78. The van der Waals surface area contributed by atoms with Crippen molar-refractivity contribution in [3.05, 3.63) is 63.8 Å². The van der Waals surface area contributed by atoms with Crippen LogP contribution in [-0.4, -0.2) is 69.0 Å². The molecule has 4 heterocycles. The van der Waals surface area contributed by atoms with Gasteiger partial charge in [0.2, 0.25) is 5.91 Å². The molecule has 13 nitrogen and oxygen atoms in total. The van der Waals surface area contributed by atoms with E-state index >= 15 is 0 Å². The highest BCUT2D eigenvalue weighted by molar-refractivity contribution is 8.01. The molecule has 0 bridgehead atoms. The lowest BCUT2D eigenvalue weighted by Gasteiger charge is -2.49. The van der Waals surface area contributed by atoms with Crippen molar-refractivity contribution >= 4 is 58.7 Å². The predicted octanol–water partition coefficient (Wildman–Crippen LogP) is 0.800. The summed E-state index contributed by atoms with van der Waals surface area (Å²) in [5.74, 6) is -1.96. The molecule has 3 atom stereocenters.